The molecule has 2 amide bonds. The number of halogens is 3. The molecule has 3 aromatic rings. The van der Waals surface area contributed by atoms with E-state index in [9.17, 15) is 22.8 Å². The average Bonchev–Trinajstić information content (AvgIpc) is 3.37. The van der Waals surface area contributed by atoms with Gasteiger partial charge in [0.15, 0.2) is 0 Å². The quantitative estimate of drug-likeness (QED) is 0.233. The highest BCUT2D eigenvalue weighted by molar-refractivity contribution is 6.00. The number of aromatic nitrogens is 1. The summed E-state index contributed by atoms with van der Waals surface area (Å²) in [6.45, 7) is 1.18. The second-order valence-corrected chi connectivity index (χ2v) is 13.1. The van der Waals surface area contributed by atoms with Crippen LogP contribution in [0.5, 0.6) is 0 Å². The van der Waals surface area contributed by atoms with E-state index in [1.165, 1.54) is 19.3 Å². The number of fused-ring (bicyclic) bond motifs is 3. The molecule has 0 atom stereocenters. The first-order valence-electron chi connectivity index (χ1n) is 16.8. The van der Waals surface area contributed by atoms with E-state index in [1.807, 2.05) is 54.6 Å². The van der Waals surface area contributed by atoms with Crippen molar-refractivity contribution in [3.8, 4) is 11.1 Å². The van der Waals surface area contributed by atoms with E-state index in [4.69, 9.17) is 0 Å². The molecule has 2 aliphatic carbocycles. The number of amides is 2. The molecule has 9 heteroatoms. The van der Waals surface area contributed by atoms with Crippen LogP contribution >= 0.6 is 0 Å². The summed E-state index contributed by atoms with van der Waals surface area (Å²) in [4.78, 5) is 33.8. The number of rotatable bonds is 10. The van der Waals surface area contributed by atoms with Crippen molar-refractivity contribution in [1.29, 1.82) is 0 Å². The normalized spacial score (nSPS) is 18.5. The minimum absolute atomic E-state index is 0.0779. The first kappa shape index (κ1) is 32.2. The zero-order valence-electron chi connectivity index (χ0n) is 26.2. The maximum atomic E-state index is 13.7. The first-order valence-corrected chi connectivity index (χ1v) is 16.8. The van der Waals surface area contributed by atoms with E-state index >= 15 is 0 Å². The van der Waals surface area contributed by atoms with Gasteiger partial charge in [0.2, 0.25) is 5.91 Å². The maximum Gasteiger partial charge on any atom is 0.405 e. The van der Waals surface area contributed by atoms with Crippen LogP contribution in [0.4, 0.5) is 13.2 Å². The highest BCUT2D eigenvalue weighted by Gasteiger charge is 2.49. The summed E-state index contributed by atoms with van der Waals surface area (Å²) < 4.78 is 39.5. The van der Waals surface area contributed by atoms with E-state index in [0.29, 0.717) is 24.5 Å². The summed E-state index contributed by atoms with van der Waals surface area (Å²) >= 11 is 0. The molecule has 1 saturated carbocycles. The third-order valence-electron chi connectivity index (χ3n) is 10.2. The van der Waals surface area contributed by atoms with Gasteiger partial charge in [-0.3, -0.25) is 14.6 Å². The molecule has 1 saturated heterocycles. The number of hydrogen-bond donors (Lipinski definition) is 2. The lowest BCUT2D eigenvalue weighted by Crippen LogP contribution is -2.47. The standard InChI is InChI=1S/C37H43F3N4O2/c38-37(39,40)25-42-35(46)36(31-16-6-4-13-29(31)30-14-5-7-17-32(30)36)20-8-9-22-44-23-18-27(19-24-44)43-34(45)33-28(15-10-21-41-33)26-11-2-1-3-12-26/h4-7,10,13-17,21,26-27H,1-3,8-9,11-12,18-20,22-25H2,(H,42,46)(H,43,45). The molecule has 2 fully saturated rings. The van der Waals surface area contributed by atoms with Crippen molar-refractivity contribution in [2.24, 2.45) is 0 Å². The molecule has 6 nitrogen and oxygen atoms in total. The van der Waals surface area contributed by atoms with Crippen LogP contribution in [0.3, 0.4) is 0 Å². The lowest BCUT2D eigenvalue weighted by Gasteiger charge is -2.33. The van der Waals surface area contributed by atoms with Crippen LogP contribution in [-0.4, -0.2) is 60.1 Å². The van der Waals surface area contributed by atoms with Crippen molar-refractivity contribution in [2.45, 2.75) is 87.8 Å². The summed E-state index contributed by atoms with van der Waals surface area (Å²) in [5, 5.41) is 5.46. The summed E-state index contributed by atoms with van der Waals surface area (Å²) in [5.41, 5.74) is 3.83. The number of hydrogen-bond acceptors (Lipinski definition) is 4. The molecule has 0 radical (unpaired) electrons. The molecular weight excluding hydrogens is 589 g/mol. The van der Waals surface area contributed by atoms with Crippen molar-refractivity contribution >= 4 is 11.8 Å². The van der Waals surface area contributed by atoms with E-state index in [-0.39, 0.29) is 11.9 Å². The predicted molar refractivity (Wildman–Crippen MR) is 173 cm³/mol. The maximum absolute atomic E-state index is 13.7. The van der Waals surface area contributed by atoms with Gasteiger partial charge in [-0.15, -0.1) is 0 Å². The van der Waals surface area contributed by atoms with Gasteiger partial charge in [0.25, 0.3) is 5.91 Å². The smallest absolute Gasteiger partial charge is 0.348 e. The highest BCUT2D eigenvalue weighted by atomic mass is 19.4. The van der Waals surface area contributed by atoms with E-state index in [1.54, 1.807) is 6.20 Å². The molecule has 0 unspecified atom stereocenters. The summed E-state index contributed by atoms with van der Waals surface area (Å²) in [6, 6.07) is 19.2. The Bertz CT molecular complexity index is 1480. The van der Waals surface area contributed by atoms with Gasteiger partial charge in [-0.25, -0.2) is 0 Å². The fourth-order valence-electron chi connectivity index (χ4n) is 7.91. The van der Waals surface area contributed by atoms with Crippen molar-refractivity contribution in [3.05, 3.63) is 89.2 Å². The number of benzene rings is 2. The fourth-order valence-corrected chi connectivity index (χ4v) is 7.91. The Morgan fingerprint density at radius 2 is 1.50 bits per heavy atom. The van der Waals surface area contributed by atoms with Gasteiger partial charge >= 0.3 is 6.18 Å². The monoisotopic (exact) mass is 632 g/mol. The van der Waals surface area contributed by atoms with Gasteiger partial charge in [-0.2, -0.15) is 13.2 Å². The van der Waals surface area contributed by atoms with Gasteiger partial charge in [0.05, 0.1) is 0 Å². The molecule has 46 heavy (non-hydrogen) atoms. The molecule has 2 heterocycles. The molecule has 1 aliphatic heterocycles. The Morgan fingerprint density at radius 1 is 0.848 bits per heavy atom. The Kier molecular flexibility index (Phi) is 9.78. The zero-order valence-corrected chi connectivity index (χ0v) is 26.2. The zero-order chi connectivity index (χ0) is 32.1. The number of carbonyl (C=O) groups is 2. The van der Waals surface area contributed by atoms with Crippen LogP contribution in [0, 0.1) is 0 Å². The molecular formula is C37H43F3N4O2. The molecule has 3 aliphatic rings. The van der Waals surface area contributed by atoms with Gasteiger partial charge < -0.3 is 15.5 Å². The van der Waals surface area contributed by atoms with Gasteiger partial charge in [-0.05, 0) is 84.9 Å². The lowest BCUT2D eigenvalue weighted by molar-refractivity contribution is -0.141. The van der Waals surface area contributed by atoms with E-state index in [0.717, 1.165) is 79.6 Å². The van der Waals surface area contributed by atoms with Gasteiger partial charge in [0.1, 0.15) is 17.7 Å². The first-order chi connectivity index (χ1) is 22.3. The molecule has 244 valence electrons. The van der Waals surface area contributed by atoms with E-state index < -0.39 is 24.0 Å². The number of nitrogens with zero attached hydrogens (tertiary/aromatic N) is 2. The Balaban J connectivity index is 1.05. The van der Waals surface area contributed by atoms with Gasteiger partial charge in [-0.1, -0.05) is 80.3 Å². The van der Waals surface area contributed by atoms with Crippen LogP contribution in [0.15, 0.2) is 66.9 Å². The SMILES string of the molecule is O=C(NC1CCN(CCCCC2(C(=O)NCC(F)(F)F)c3ccccc3-c3ccccc32)CC1)c1ncccc1C1CCCCC1. The Labute approximate surface area is 269 Å². The second kappa shape index (κ2) is 14.0. The van der Waals surface area contributed by atoms with Crippen LogP contribution in [-0.2, 0) is 10.2 Å². The minimum atomic E-state index is -4.49. The van der Waals surface area contributed by atoms with E-state index in [2.05, 4.69) is 26.6 Å². The molecule has 0 spiro atoms. The summed E-state index contributed by atoms with van der Waals surface area (Å²) in [5.74, 6) is -0.268. The molecule has 2 aromatic carbocycles. The lowest BCUT2D eigenvalue weighted by atomic mass is 9.73. The number of alkyl halides is 3. The largest absolute Gasteiger partial charge is 0.405 e. The average molecular weight is 633 g/mol. The molecule has 6 rings (SSSR count). The number of nitrogens with one attached hydrogen (secondary N) is 2. The van der Waals surface area contributed by atoms with Crippen LogP contribution in [0.1, 0.15) is 97.3 Å². The van der Waals surface area contributed by atoms with Crippen LogP contribution in [0.2, 0.25) is 0 Å². The third-order valence-corrected chi connectivity index (χ3v) is 10.2. The third kappa shape index (κ3) is 6.85. The van der Waals surface area contributed by atoms with Crippen molar-refractivity contribution in [2.75, 3.05) is 26.2 Å². The Morgan fingerprint density at radius 3 is 2.15 bits per heavy atom. The summed E-state index contributed by atoms with van der Waals surface area (Å²) in [7, 11) is 0. The molecule has 2 N–H and O–H groups in total. The highest BCUT2D eigenvalue weighted by Crippen LogP contribution is 2.51. The van der Waals surface area contributed by atoms with Crippen LogP contribution in [0.25, 0.3) is 11.1 Å². The minimum Gasteiger partial charge on any atom is -0.348 e. The molecule has 1 aromatic heterocycles. The number of piperidine rings is 1. The molecule has 0 bridgehead atoms. The topological polar surface area (TPSA) is 74.3 Å². The Hall–Kier alpha value is -3.72. The summed E-state index contributed by atoms with van der Waals surface area (Å²) in [6.07, 6.45) is 6.72. The van der Waals surface area contributed by atoms with Crippen molar-refractivity contribution in [3.63, 3.8) is 0 Å². The number of likely N-dealkylation sites (tertiary alicyclic amines) is 1. The van der Waals surface area contributed by atoms with Crippen molar-refractivity contribution < 1.29 is 22.8 Å². The predicted octanol–water partition coefficient (Wildman–Crippen LogP) is 7.14. The number of pyridine rings is 1. The van der Waals surface area contributed by atoms with Gasteiger partial charge in [0, 0.05) is 25.3 Å². The van der Waals surface area contributed by atoms with Crippen molar-refractivity contribution in [1.82, 2.24) is 20.5 Å². The fraction of sp³-hybridized carbons (Fsp3) is 0.486. The number of carbonyl (C=O) groups excluding carboxylic acids is 2. The second-order valence-electron chi connectivity index (χ2n) is 13.1. The van der Waals surface area contributed by atoms with Crippen LogP contribution < -0.4 is 10.6 Å². The number of unbranched alkanes of at least 4 members (excludes halogenated alkanes) is 1.